The zero-order valence-electron chi connectivity index (χ0n) is 13.7. The van der Waals surface area contributed by atoms with Crippen LogP contribution >= 0.6 is 0 Å². The van der Waals surface area contributed by atoms with Gasteiger partial charge in [-0.15, -0.1) is 0 Å². The van der Waals surface area contributed by atoms with E-state index in [2.05, 4.69) is 15.0 Å². The monoisotopic (exact) mass is 339 g/mol. The highest BCUT2D eigenvalue weighted by Crippen LogP contribution is 2.34. The standard InChI is InChI=1S/C21H13N3O2/c1-2-14-3-5-16(12-19(14)22-9-1)26-20-7-10-23-21(24-20)18-6-4-15-13-25-11-8-17(15)18/h1-13H. The summed E-state index contributed by atoms with van der Waals surface area (Å²) in [6.07, 6.45) is 6.82. The maximum Gasteiger partial charge on any atom is 0.222 e. The summed E-state index contributed by atoms with van der Waals surface area (Å²) >= 11 is 0. The molecule has 26 heavy (non-hydrogen) atoms. The summed E-state index contributed by atoms with van der Waals surface area (Å²) in [4.78, 5) is 13.3. The van der Waals surface area contributed by atoms with E-state index >= 15 is 0 Å². The lowest BCUT2D eigenvalue weighted by Crippen LogP contribution is -1.93. The van der Waals surface area contributed by atoms with Crippen molar-refractivity contribution in [3.63, 3.8) is 0 Å². The lowest BCUT2D eigenvalue weighted by atomic mass is 10.1. The molecule has 0 fully saturated rings. The third kappa shape index (κ3) is 2.56. The van der Waals surface area contributed by atoms with Crippen molar-refractivity contribution in [1.29, 1.82) is 0 Å². The molecule has 1 aromatic carbocycles. The molecule has 0 saturated carbocycles. The number of benzene rings is 1. The minimum Gasteiger partial charge on any atom is -0.472 e. The Morgan fingerprint density at radius 3 is 2.85 bits per heavy atom. The summed E-state index contributed by atoms with van der Waals surface area (Å²) in [7, 11) is 0. The number of rotatable bonds is 3. The normalized spacial score (nSPS) is 11.1. The zero-order valence-corrected chi connectivity index (χ0v) is 13.7. The first-order chi connectivity index (χ1) is 12.9. The molecule has 1 aliphatic heterocycles. The molecule has 0 radical (unpaired) electrons. The summed E-state index contributed by atoms with van der Waals surface area (Å²) in [6, 6.07) is 17.3. The predicted octanol–water partition coefficient (Wildman–Crippen LogP) is 5.18. The molecule has 3 aromatic rings. The van der Waals surface area contributed by atoms with Crippen LogP contribution in [0.5, 0.6) is 11.6 Å². The lowest BCUT2D eigenvalue weighted by molar-refractivity contribution is 0.463. The van der Waals surface area contributed by atoms with E-state index in [1.165, 1.54) is 0 Å². The number of ether oxygens (including phenoxy) is 1. The SMILES string of the molecule is c1cnc2cc(Oc3ccnc(-c4ccc5coccc4-5)n3)ccc2c1. The number of aromatic nitrogens is 3. The Hall–Kier alpha value is -3.73. The number of hydrogen-bond donors (Lipinski definition) is 0. The molecule has 2 aliphatic rings. The highest BCUT2D eigenvalue weighted by Gasteiger charge is 2.14. The molecule has 3 heterocycles. The van der Waals surface area contributed by atoms with Crippen LogP contribution in [-0.2, 0) is 0 Å². The van der Waals surface area contributed by atoms with Gasteiger partial charge in [-0.2, -0.15) is 4.98 Å². The first-order valence-corrected chi connectivity index (χ1v) is 8.18. The molecule has 0 N–H and O–H groups in total. The third-order valence-electron chi connectivity index (χ3n) is 4.21. The topological polar surface area (TPSA) is 61.0 Å². The molecule has 5 heteroatoms. The highest BCUT2D eigenvalue weighted by atomic mass is 16.5. The van der Waals surface area contributed by atoms with Crippen LogP contribution in [0.3, 0.4) is 0 Å². The van der Waals surface area contributed by atoms with Crippen LogP contribution in [0.2, 0.25) is 0 Å². The van der Waals surface area contributed by atoms with Crippen LogP contribution in [0.1, 0.15) is 0 Å². The molecule has 2 aromatic heterocycles. The first kappa shape index (κ1) is 14.6. The molecule has 0 amide bonds. The van der Waals surface area contributed by atoms with Crippen LogP contribution in [-0.4, -0.2) is 15.0 Å². The largest absolute Gasteiger partial charge is 0.472 e. The third-order valence-corrected chi connectivity index (χ3v) is 4.21. The number of hydrogen-bond acceptors (Lipinski definition) is 5. The van der Waals surface area contributed by atoms with E-state index in [0.29, 0.717) is 17.5 Å². The van der Waals surface area contributed by atoms with E-state index in [-0.39, 0.29) is 0 Å². The van der Waals surface area contributed by atoms with Crippen LogP contribution in [0.25, 0.3) is 33.4 Å². The van der Waals surface area contributed by atoms with Crippen molar-refractivity contribution < 1.29 is 9.15 Å². The molecule has 1 aliphatic carbocycles. The van der Waals surface area contributed by atoms with Crippen LogP contribution < -0.4 is 4.74 Å². The van der Waals surface area contributed by atoms with Crippen molar-refractivity contribution in [2.45, 2.75) is 0 Å². The van der Waals surface area contributed by atoms with Crippen LogP contribution in [0.15, 0.2) is 83.9 Å². The van der Waals surface area contributed by atoms with Gasteiger partial charge >= 0.3 is 0 Å². The molecule has 124 valence electrons. The van der Waals surface area contributed by atoms with Gasteiger partial charge in [-0.3, -0.25) is 4.98 Å². The molecular formula is C21H13N3O2. The Morgan fingerprint density at radius 2 is 1.85 bits per heavy atom. The quantitative estimate of drug-likeness (QED) is 0.453. The fourth-order valence-corrected chi connectivity index (χ4v) is 2.97. The average molecular weight is 339 g/mol. The minimum absolute atomic E-state index is 0.486. The van der Waals surface area contributed by atoms with Crippen molar-refractivity contribution >= 4 is 10.9 Å². The van der Waals surface area contributed by atoms with Crippen molar-refractivity contribution in [3.05, 3.63) is 79.5 Å². The van der Waals surface area contributed by atoms with E-state index in [9.17, 15) is 0 Å². The summed E-state index contributed by atoms with van der Waals surface area (Å²) in [6.45, 7) is 0. The van der Waals surface area contributed by atoms with Crippen molar-refractivity contribution in [3.8, 4) is 34.1 Å². The van der Waals surface area contributed by atoms with Gasteiger partial charge in [0.25, 0.3) is 0 Å². The molecule has 5 nitrogen and oxygen atoms in total. The van der Waals surface area contributed by atoms with Crippen LogP contribution in [0, 0.1) is 0 Å². The molecule has 0 unspecified atom stereocenters. The van der Waals surface area contributed by atoms with Gasteiger partial charge in [0.05, 0.1) is 18.0 Å². The Bertz CT molecular complexity index is 1180. The molecule has 0 bridgehead atoms. The van der Waals surface area contributed by atoms with Gasteiger partial charge in [0, 0.05) is 41.0 Å². The van der Waals surface area contributed by atoms with Gasteiger partial charge < -0.3 is 9.15 Å². The Kier molecular flexibility index (Phi) is 3.35. The molecular weight excluding hydrogens is 326 g/mol. The van der Waals surface area contributed by atoms with Gasteiger partial charge in [-0.25, -0.2) is 4.98 Å². The van der Waals surface area contributed by atoms with Crippen molar-refractivity contribution in [1.82, 2.24) is 15.0 Å². The fraction of sp³-hybridized carbons (Fsp3) is 0. The maximum absolute atomic E-state index is 5.93. The van der Waals surface area contributed by atoms with Gasteiger partial charge in [-0.05, 0) is 35.9 Å². The Morgan fingerprint density at radius 1 is 0.846 bits per heavy atom. The second-order valence-electron chi connectivity index (χ2n) is 5.85. The molecule has 0 saturated heterocycles. The van der Waals surface area contributed by atoms with E-state index in [0.717, 1.165) is 27.6 Å². The van der Waals surface area contributed by atoms with Gasteiger partial charge in [0.2, 0.25) is 5.88 Å². The van der Waals surface area contributed by atoms with Crippen LogP contribution in [0.4, 0.5) is 0 Å². The maximum atomic E-state index is 5.93. The number of fused-ring (bicyclic) bond motifs is 2. The first-order valence-electron chi connectivity index (χ1n) is 8.18. The Labute approximate surface area is 149 Å². The van der Waals surface area contributed by atoms with Crippen molar-refractivity contribution in [2.75, 3.05) is 0 Å². The van der Waals surface area contributed by atoms with Gasteiger partial charge in [-0.1, -0.05) is 12.1 Å². The second-order valence-corrected chi connectivity index (χ2v) is 5.85. The lowest BCUT2D eigenvalue weighted by Gasteiger charge is -2.07. The Balaban J connectivity index is 1.49. The summed E-state index contributed by atoms with van der Waals surface area (Å²) in [5.41, 5.74) is 3.88. The van der Waals surface area contributed by atoms with E-state index < -0.39 is 0 Å². The summed E-state index contributed by atoms with van der Waals surface area (Å²) < 4.78 is 11.1. The molecule has 0 atom stereocenters. The predicted molar refractivity (Wildman–Crippen MR) is 98.2 cm³/mol. The average Bonchev–Trinajstić information content (AvgIpc) is 3.12. The van der Waals surface area contributed by atoms with E-state index in [1.807, 2.05) is 48.5 Å². The van der Waals surface area contributed by atoms with Crippen molar-refractivity contribution in [2.24, 2.45) is 0 Å². The number of pyridine rings is 1. The molecule has 5 rings (SSSR count). The minimum atomic E-state index is 0.486. The molecule has 0 spiro atoms. The van der Waals surface area contributed by atoms with E-state index in [4.69, 9.17) is 9.15 Å². The zero-order chi connectivity index (χ0) is 17.3. The fourth-order valence-electron chi connectivity index (χ4n) is 2.97. The summed E-state index contributed by atoms with van der Waals surface area (Å²) in [5, 5.41) is 1.07. The van der Waals surface area contributed by atoms with Gasteiger partial charge in [0.1, 0.15) is 5.75 Å². The smallest absolute Gasteiger partial charge is 0.222 e. The highest BCUT2D eigenvalue weighted by molar-refractivity contribution is 5.83. The second kappa shape index (κ2) is 5.97. The summed E-state index contributed by atoms with van der Waals surface area (Å²) in [5.74, 6) is 1.79. The van der Waals surface area contributed by atoms with E-state index in [1.54, 1.807) is 31.0 Å². The van der Waals surface area contributed by atoms with Gasteiger partial charge in [0.15, 0.2) is 5.82 Å². The number of nitrogens with zero attached hydrogens (tertiary/aromatic N) is 3.